The predicted molar refractivity (Wildman–Crippen MR) is 128 cm³/mol. The van der Waals surface area contributed by atoms with Gasteiger partial charge < -0.3 is 9.47 Å². The minimum absolute atomic E-state index is 0.299. The molecule has 0 bridgehead atoms. The van der Waals surface area contributed by atoms with Crippen LogP contribution >= 0.6 is 0 Å². The average molecular weight is 453 g/mol. The van der Waals surface area contributed by atoms with Crippen molar-refractivity contribution in [1.82, 2.24) is 0 Å². The summed E-state index contributed by atoms with van der Waals surface area (Å²) < 4.78 is 36.4. The van der Waals surface area contributed by atoms with Gasteiger partial charge in [0.25, 0.3) is 6.08 Å². The predicted octanol–water partition coefficient (Wildman–Crippen LogP) is 8.47. The number of hydrogen-bond donors (Lipinski definition) is 0. The first kappa shape index (κ1) is 25.9. The third kappa shape index (κ3) is 9.25. The number of halogens is 2. The van der Waals surface area contributed by atoms with Crippen molar-refractivity contribution < 1.29 is 18.3 Å². The lowest BCUT2D eigenvalue weighted by atomic mass is 9.68. The summed E-state index contributed by atoms with van der Waals surface area (Å²) in [6.45, 7) is 5.44. The van der Waals surface area contributed by atoms with Crippen molar-refractivity contribution in [3.8, 4) is 0 Å². The molecule has 32 heavy (non-hydrogen) atoms. The van der Waals surface area contributed by atoms with Gasteiger partial charge in [0.1, 0.15) is 0 Å². The molecule has 4 heteroatoms. The minimum Gasteiger partial charge on any atom is -0.376 e. The lowest BCUT2D eigenvalue weighted by molar-refractivity contribution is -0.0878. The zero-order chi connectivity index (χ0) is 22.6. The summed E-state index contributed by atoms with van der Waals surface area (Å²) in [5.41, 5.74) is 0. The maximum Gasteiger partial charge on any atom is 0.266 e. The summed E-state index contributed by atoms with van der Waals surface area (Å²) in [6.07, 6.45) is 21.4. The molecule has 3 fully saturated rings. The van der Waals surface area contributed by atoms with E-state index in [4.69, 9.17) is 9.47 Å². The molecule has 0 aromatic heterocycles. The minimum atomic E-state index is -1.52. The second kappa shape index (κ2) is 14.5. The number of rotatable bonds is 12. The van der Waals surface area contributed by atoms with Crippen LogP contribution in [0.3, 0.4) is 0 Å². The van der Waals surface area contributed by atoms with E-state index in [0.717, 1.165) is 69.1 Å². The molecule has 0 N–H and O–H groups in total. The quantitative estimate of drug-likeness (QED) is 0.218. The summed E-state index contributed by atoms with van der Waals surface area (Å²) in [5.74, 6) is 3.37. The SMILES string of the molecule is C=CCCC1CCC(OCCCC2CCC(C3CCC(CCC=C(F)F)CC3)CC2)CO1. The van der Waals surface area contributed by atoms with Gasteiger partial charge in [-0.05, 0) is 107 Å². The Bertz CT molecular complexity index is 536. The van der Waals surface area contributed by atoms with Crippen molar-refractivity contribution in [2.75, 3.05) is 13.2 Å². The highest BCUT2D eigenvalue weighted by Crippen LogP contribution is 2.43. The molecule has 0 aromatic rings. The Morgan fingerprint density at radius 3 is 2.03 bits per heavy atom. The highest BCUT2D eigenvalue weighted by Gasteiger charge is 2.30. The van der Waals surface area contributed by atoms with Gasteiger partial charge in [0.15, 0.2) is 0 Å². The molecule has 1 aliphatic heterocycles. The van der Waals surface area contributed by atoms with Crippen molar-refractivity contribution >= 4 is 0 Å². The molecule has 0 amide bonds. The van der Waals surface area contributed by atoms with E-state index in [2.05, 4.69) is 6.58 Å². The first-order valence-corrected chi connectivity index (χ1v) is 13.5. The standard InChI is InChI=1S/C28H46F2O2/c1-2-3-8-26-18-19-27(21-32-26)31-20-5-7-23-12-16-25(17-13-23)24-14-10-22(11-15-24)6-4-9-28(29)30/h2,9,22-27H,1,3-8,10-21H2. The van der Waals surface area contributed by atoms with Crippen LogP contribution in [0.1, 0.15) is 103 Å². The second-order valence-corrected chi connectivity index (χ2v) is 10.7. The fourth-order valence-corrected chi connectivity index (χ4v) is 6.39. The zero-order valence-corrected chi connectivity index (χ0v) is 20.1. The molecule has 0 radical (unpaired) electrons. The molecule has 2 aliphatic carbocycles. The van der Waals surface area contributed by atoms with Crippen molar-refractivity contribution in [2.24, 2.45) is 23.7 Å². The van der Waals surface area contributed by atoms with E-state index < -0.39 is 6.08 Å². The zero-order valence-electron chi connectivity index (χ0n) is 20.1. The molecule has 2 saturated carbocycles. The molecule has 2 nitrogen and oxygen atoms in total. The highest BCUT2D eigenvalue weighted by atomic mass is 19.3. The van der Waals surface area contributed by atoms with Gasteiger partial charge in [-0.3, -0.25) is 0 Å². The van der Waals surface area contributed by atoms with Gasteiger partial charge in [0, 0.05) is 6.61 Å². The summed E-state index contributed by atoms with van der Waals surface area (Å²) in [6, 6.07) is 0. The van der Waals surface area contributed by atoms with E-state index in [9.17, 15) is 8.78 Å². The van der Waals surface area contributed by atoms with Crippen LogP contribution in [0.4, 0.5) is 8.78 Å². The maximum absolute atomic E-state index is 12.2. The van der Waals surface area contributed by atoms with Crippen LogP contribution in [0.5, 0.6) is 0 Å². The third-order valence-corrected chi connectivity index (χ3v) is 8.45. The normalized spacial score (nSPS) is 33.6. The molecule has 0 spiro atoms. The van der Waals surface area contributed by atoms with Crippen molar-refractivity contribution in [3.63, 3.8) is 0 Å². The lowest BCUT2D eigenvalue weighted by Gasteiger charge is -2.38. The summed E-state index contributed by atoms with van der Waals surface area (Å²) in [7, 11) is 0. The molecule has 3 aliphatic rings. The van der Waals surface area contributed by atoms with Gasteiger partial charge in [-0.2, -0.15) is 8.78 Å². The summed E-state index contributed by atoms with van der Waals surface area (Å²) in [4.78, 5) is 0. The molecule has 0 aromatic carbocycles. The van der Waals surface area contributed by atoms with Crippen LogP contribution in [-0.2, 0) is 9.47 Å². The van der Waals surface area contributed by atoms with Crippen molar-refractivity contribution in [3.05, 3.63) is 24.8 Å². The topological polar surface area (TPSA) is 18.5 Å². The van der Waals surface area contributed by atoms with Crippen LogP contribution in [0.15, 0.2) is 24.8 Å². The third-order valence-electron chi connectivity index (χ3n) is 8.45. The molecule has 2 atom stereocenters. The van der Waals surface area contributed by atoms with Gasteiger partial charge in [0.2, 0.25) is 0 Å². The smallest absolute Gasteiger partial charge is 0.266 e. The van der Waals surface area contributed by atoms with E-state index in [1.54, 1.807) is 0 Å². The highest BCUT2D eigenvalue weighted by molar-refractivity contribution is 4.85. The molecule has 1 heterocycles. The van der Waals surface area contributed by atoms with Crippen LogP contribution in [0, 0.1) is 23.7 Å². The van der Waals surface area contributed by atoms with E-state index in [1.165, 1.54) is 64.2 Å². The van der Waals surface area contributed by atoms with Crippen molar-refractivity contribution in [1.29, 1.82) is 0 Å². The lowest BCUT2D eigenvalue weighted by Crippen LogP contribution is -2.31. The number of ether oxygens (including phenoxy) is 2. The average Bonchev–Trinajstić information content (AvgIpc) is 2.82. The van der Waals surface area contributed by atoms with Crippen LogP contribution < -0.4 is 0 Å². The van der Waals surface area contributed by atoms with E-state index >= 15 is 0 Å². The fourth-order valence-electron chi connectivity index (χ4n) is 6.39. The molecule has 2 unspecified atom stereocenters. The Balaban J connectivity index is 1.20. The van der Waals surface area contributed by atoms with Crippen LogP contribution in [0.2, 0.25) is 0 Å². The van der Waals surface area contributed by atoms with E-state index in [1.807, 2.05) is 6.08 Å². The Morgan fingerprint density at radius 1 is 0.812 bits per heavy atom. The summed E-state index contributed by atoms with van der Waals surface area (Å²) >= 11 is 0. The molecule has 3 rings (SSSR count). The number of allylic oxidation sites excluding steroid dienone is 2. The van der Waals surface area contributed by atoms with Crippen molar-refractivity contribution in [2.45, 2.75) is 115 Å². The first-order valence-electron chi connectivity index (χ1n) is 13.5. The fraction of sp³-hybridized carbons (Fsp3) is 0.857. The van der Waals surface area contributed by atoms with E-state index in [0.29, 0.717) is 24.5 Å². The maximum atomic E-state index is 12.2. The Morgan fingerprint density at radius 2 is 1.47 bits per heavy atom. The Hall–Kier alpha value is -0.740. The summed E-state index contributed by atoms with van der Waals surface area (Å²) in [5, 5.41) is 0. The Kier molecular flexibility index (Phi) is 11.7. The first-order chi connectivity index (χ1) is 15.6. The Labute approximate surface area is 195 Å². The van der Waals surface area contributed by atoms with Gasteiger partial charge in [-0.1, -0.05) is 31.8 Å². The number of hydrogen-bond acceptors (Lipinski definition) is 2. The molecule has 184 valence electrons. The van der Waals surface area contributed by atoms with Gasteiger partial charge in [0.05, 0.1) is 18.8 Å². The molecular weight excluding hydrogens is 406 g/mol. The van der Waals surface area contributed by atoms with Crippen LogP contribution in [0.25, 0.3) is 0 Å². The van der Waals surface area contributed by atoms with Gasteiger partial charge >= 0.3 is 0 Å². The molecule has 1 saturated heterocycles. The van der Waals surface area contributed by atoms with Gasteiger partial charge in [-0.15, -0.1) is 6.58 Å². The van der Waals surface area contributed by atoms with Gasteiger partial charge in [-0.25, -0.2) is 0 Å². The van der Waals surface area contributed by atoms with E-state index in [-0.39, 0.29) is 0 Å². The second-order valence-electron chi connectivity index (χ2n) is 10.7. The molecular formula is C28H46F2O2. The largest absolute Gasteiger partial charge is 0.376 e. The van der Waals surface area contributed by atoms with Crippen LogP contribution in [-0.4, -0.2) is 25.4 Å². The monoisotopic (exact) mass is 452 g/mol.